The Morgan fingerprint density at radius 1 is 1.14 bits per heavy atom. The fraction of sp³-hybridized carbons (Fsp3) is 0.562. The number of carbonyl (C=O) groups excluding carboxylic acids is 1. The lowest BCUT2D eigenvalue weighted by atomic mass is 9.99. The quantitative estimate of drug-likeness (QED) is 0.456. The Hall–Kier alpha value is -0.960. The Bertz CT molecular complexity index is 437. The van der Waals surface area contributed by atoms with Gasteiger partial charge in [0.25, 0.3) is 0 Å². The van der Waals surface area contributed by atoms with E-state index in [-0.39, 0.29) is 5.92 Å². The van der Waals surface area contributed by atoms with Crippen LogP contribution in [0, 0.1) is 5.92 Å². The first kappa shape index (κ1) is 18.1. The lowest BCUT2D eigenvalue weighted by molar-refractivity contribution is -0.108. The number of carbonyl (C=O) groups is 1. The van der Waals surface area contributed by atoms with Gasteiger partial charge in [-0.05, 0) is 38.2 Å². The minimum atomic E-state index is -3.09. The van der Waals surface area contributed by atoms with Crippen LogP contribution in [0.25, 0.3) is 0 Å². The Morgan fingerprint density at radius 2 is 1.76 bits per heavy atom. The van der Waals surface area contributed by atoms with E-state index in [1.165, 1.54) is 5.56 Å². The van der Waals surface area contributed by atoms with Gasteiger partial charge in [0.15, 0.2) is 0 Å². The van der Waals surface area contributed by atoms with Crippen molar-refractivity contribution in [3.8, 4) is 0 Å². The van der Waals surface area contributed by atoms with E-state index in [2.05, 4.69) is 12.1 Å². The highest BCUT2D eigenvalue weighted by Crippen LogP contribution is 2.50. The van der Waals surface area contributed by atoms with Crippen LogP contribution in [0.5, 0.6) is 0 Å². The fourth-order valence-corrected chi connectivity index (χ4v) is 4.32. The summed E-state index contributed by atoms with van der Waals surface area (Å²) in [7, 11) is -3.09. The van der Waals surface area contributed by atoms with Crippen molar-refractivity contribution in [2.45, 2.75) is 33.1 Å². The molecule has 0 heterocycles. The topological polar surface area (TPSA) is 52.6 Å². The summed E-state index contributed by atoms with van der Waals surface area (Å²) in [4.78, 5) is 10.9. The minimum Gasteiger partial charge on any atom is -0.309 e. The van der Waals surface area contributed by atoms with Crippen LogP contribution in [0.1, 0.15) is 32.3 Å². The lowest BCUT2D eigenvalue weighted by Crippen LogP contribution is -2.12. The van der Waals surface area contributed by atoms with Gasteiger partial charge in [-0.15, -0.1) is 0 Å². The van der Waals surface area contributed by atoms with Crippen LogP contribution in [0.15, 0.2) is 30.3 Å². The van der Waals surface area contributed by atoms with Gasteiger partial charge in [0.2, 0.25) is 0 Å². The molecular weight excluding hydrogens is 287 g/mol. The van der Waals surface area contributed by atoms with Crippen LogP contribution in [0.4, 0.5) is 0 Å². The normalized spacial score (nSPS) is 13.0. The summed E-state index contributed by atoms with van der Waals surface area (Å²) in [5, 5.41) is 0. The highest BCUT2D eigenvalue weighted by Gasteiger charge is 2.28. The Kier molecular flexibility index (Phi) is 8.51. The van der Waals surface area contributed by atoms with Crippen molar-refractivity contribution in [1.29, 1.82) is 0 Å². The van der Waals surface area contributed by atoms with E-state index in [0.29, 0.717) is 25.8 Å². The average Bonchev–Trinajstić information content (AvgIpc) is 2.46. The Morgan fingerprint density at radius 3 is 2.29 bits per heavy atom. The van der Waals surface area contributed by atoms with Gasteiger partial charge in [0.05, 0.1) is 19.4 Å². The standard InChI is InChI=1S/C16H25O4P/c1-3-19-21(18,20-4-2)14-16(12-13-17)11-10-15-8-6-5-7-9-15/h5-9,13,16H,3-4,10-12,14H2,1-2H3. The molecule has 5 heteroatoms. The lowest BCUT2D eigenvalue weighted by Gasteiger charge is -2.22. The third kappa shape index (κ3) is 7.03. The zero-order valence-corrected chi connectivity index (χ0v) is 13.8. The zero-order chi connectivity index (χ0) is 15.6. The number of benzene rings is 1. The molecule has 4 nitrogen and oxygen atoms in total. The maximum atomic E-state index is 12.5. The second-order valence-electron chi connectivity index (χ2n) is 4.92. The molecular formula is C16H25O4P. The van der Waals surface area contributed by atoms with E-state index in [9.17, 15) is 9.36 Å². The molecule has 0 saturated heterocycles. The van der Waals surface area contributed by atoms with Crippen LogP contribution >= 0.6 is 7.60 Å². The molecule has 0 bridgehead atoms. The maximum absolute atomic E-state index is 12.5. The van der Waals surface area contributed by atoms with Gasteiger partial charge in [-0.1, -0.05) is 30.3 Å². The number of aldehydes is 1. The highest BCUT2D eigenvalue weighted by atomic mass is 31.2. The molecule has 0 spiro atoms. The molecule has 0 aromatic heterocycles. The molecule has 0 N–H and O–H groups in total. The van der Waals surface area contributed by atoms with E-state index in [4.69, 9.17) is 9.05 Å². The second-order valence-corrected chi connectivity index (χ2v) is 7.03. The van der Waals surface area contributed by atoms with Gasteiger partial charge in [-0.2, -0.15) is 0 Å². The number of rotatable bonds is 11. The number of aryl methyl sites for hydroxylation is 1. The van der Waals surface area contributed by atoms with Gasteiger partial charge in [-0.25, -0.2) is 0 Å². The van der Waals surface area contributed by atoms with Crippen molar-refractivity contribution in [2.24, 2.45) is 5.92 Å². The van der Waals surface area contributed by atoms with E-state index in [0.717, 1.165) is 19.1 Å². The highest BCUT2D eigenvalue weighted by molar-refractivity contribution is 7.53. The van der Waals surface area contributed by atoms with Gasteiger partial charge in [-0.3, -0.25) is 4.57 Å². The molecule has 1 unspecified atom stereocenters. The molecule has 0 saturated carbocycles. The van der Waals surface area contributed by atoms with Crippen molar-refractivity contribution < 1.29 is 18.4 Å². The first-order valence-electron chi connectivity index (χ1n) is 7.49. The van der Waals surface area contributed by atoms with Gasteiger partial charge < -0.3 is 13.8 Å². The monoisotopic (exact) mass is 312 g/mol. The minimum absolute atomic E-state index is 0.0200. The van der Waals surface area contributed by atoms with Crippen molar-refractivity contribution in [2.75, 3.05) is 19.4 Å². The van der Waals surface area contributed by atoms with Crippen molar-refractivity contribution in [3.63, 3.8) is 0 Å². The molecule has 0 aliphatic carbocycles. The SMILES string of the molecule is CCOP(=O)(CC(CC=O)CCc1ccccc1)OCC. The molecule has 0 fully saturated rings. The summed E-state index contributed by atoms with van der Waals surface area (Å²) in [6.07, 6.45) is 3.24. The van der Waals surface area contributed by atoms with Crippen molar-refractivity contribution >= 4 is 13.9 Å². The summed E-state index contributed by atoms with van der Waals surface area (Å²) in [6, 6.07) is 10.1. The molecule has 21 heavy (non-hydrogen) atoms. The predicted molar refractivity (Wildman–Crippen MR) is 84.7 cm³/mol. The fourth-order valence-electron chi connectivity index (χ4n) is 2.29. The Labute approximate surface area is 127 Å². The van der Waals surface area contributed by atoms with Crippen LogP contribution < -0.4 is 0 Å². The molecule has 0 aliphatic rings. The molecule has 0 radical (unpaired) electrons. The molecule has 118 valence electrons. The van der Waals surface area contributed by atoms with Crippen molar-refractivity contribution in [3.05, 3.63) is 35.9 Å². The van der Waals surface area contributed by atoms with E-state index in [1.807, 2.05) is 18.2 Å². The number of hydrogen-bond donors (Lipinski definition) is 0. The Balaban J connectivity index is 2.62. The summed E-state index contributed by atoms with van der Waals surface area (Å²) in [5.41, 5.74) is 1.22. The largest absolute Gasteiger partial charge is 0.330 e. The van der Waals surface area contributed by atoms with Gasteiger partial charge in [0, 0.05) is 6.42 Å². The predicted octanol–water partition coefficient (Wildman–Crippen LogP) is 4.09. The first-order valence-corrected chi connectivity index (χ1v) is 9.22. The van der Waals surface area contributed by atoms with Crippen LogP contribution in [-0.2, 0) is 24.8 Å². The van der Waals surface area contributed by atoms with Gasteiger partial charge in [0.1, 0.15) is 6.29 Å². The summed E-state index contributed by atoms with van der Waals surface area (Å²) < 4.78 is 23.2. The van der Waals surface area contributed by atoms with Crippen LogP contribution in [0.3, 0.4) is 0 Å². The molecule has 1 aromatic carbocycles. The second kappa shape index (κ2) is 9.88. The smallest absolute Gasteiger partial charge is 0.309 e. The molecule has 0 amide bonds. The maximum Gasteiger partial charge on any atom is 0.330 e. The first-order chi connectivity index (χ1) is 10.1. The summed E-state index contributed by atoms with van der Waals surface area (Å²) >= 11 is 0. The van der Waals surface area contributed by atoms with Crippen molar-refractivity contribution in [1.82, 2.24) is 0 Å². The zero-order valence-electron chi connectivity index (χ0n) is 12.9. The number of hydrogen-bond acceptors (Lipinski definition) is 4. The van der Waals surface area contributed by atoms with E-state index in [1.54, 1.807) is 13.8 Å². The van der Waals surface area contributed by atoms with Crippen LogP contribution in [-0.4, -0.2) is 25.7 Å². The van der Waals surface area contributed by atoms with E-state index >= 15 is 0 Å². The average molecular weight is 312 g/mol. The van der Waals surface area contributed by atoms with Crippen LogP contribution in [0.2, 0.25) is 0 Å². The third-order valence-electron chi connectivity index (χ3n) is 3.25. The molecule has 1 aromatic rings. The molecule has 1 rings (SSSR count). The third-order valence-corrected chi connectivity index (χ3v) is 5.51. The summed E-state index contributed by atoms with van der Waals surface area (Å²) in [6.45, 7) is 4.29. The molecule has 0 aliphatic heterocycles. The summed E-state index contributed by atoms with van der Waals surface area (Å²) in [5.74, 6) is 0.0200. The van der Waals surface area contributed by atoms with E-state index < -0.39 is 7.60 Å². The molecule has 1 atom stereocenters. The van der Waals surface area contributed by atoms with Gasteiger partial charge >= 0.3 is 7.60 Å².